The van der Waals surface area contributed by atoms with E-state index < -0.39 is 23.7 Å². The molecule has 1 aliphatic rings. The summed E-state index contributed by atoms with van der Waals surface area (Å²) in [5.41, 5.74) is 0.521. The molecule has 0 saturated heterocycles. The minimum atomic E-state index is -4.53. The fourth-order valence-electron chi connectivity index (χ4n) is 4.33. The van der Waals surface area contributed by atoms with E-state index in [0.29, 0.717) is 44.5 Å². The average molecular weight is 542 g/mol. The number of hydrogen-bond acceptors (Lipinski definition) is 5. The Morgan fingerprint density at radius 2 is 1.84 bits per heavy atom. The Kier molecular flexibility index (Phi) is 11.0. The minimum Gasteiger partial charge on any atom is -0.351 e. The largest absolute Gasteiger partial charge is 0.416 e. The van der Waals surface area contributed by atoms with Crippen molar-refractivity contribution in [2.75, 3.05) is 13.1 Å². The lowest BCUT2D eigenvalue weighted by Crippen LogP contribution is -2.41. The summed E-state index contributed by atoms with van der Waals surface area (Å²) in [4.78, 5) is 16.6. The van der Waals surface area contributed by atoms with Crippen molar-refractivity contribution in [2.24, 2.45) is 0 Å². The Morgan fingerprint density at radius 1 is 1.08 bits per heavy atom. The van der Waals surface area contributed by atoms with Crippen molar-refractivity contribution in [1.82, 2.24) is 26.3 Å². The van der Waals surface area contributed by atoms with Crippen molar-refractivity contribution in [3.05, 3.63) is 65.0 Å². The fourth-order valence-corrected chi connectivity index (χ4v) is 4.33. The van der Waals surface area contributed by atoms with Crippen LogP contribution in [0.1, 0.15) is 61.4 Å². The van der Waals surface area contributed by atoms with Gasteiger partial charge in [-0.2, -0.15) is 13.2 Å². The summed E-state index contributed by atoms with van der Waals surface area (Å²) in [5.74, 6) is -2.89. The summed E-state index contributed by atoms with van der Waals surface area (Å²) < 4.78 is 67.6. The van der Waals surface area contributed by atoms with Crippen molar-refractivity contribution < 1.29 is 26.7 Å². The number of carbonyl (C=O) groups is 1. The van der Waals surface area contributed by atoms with Crippen molar-refractivity contribution in [2.45, 2.75) is 82.8 Å². The van der Waals surface area contributed by atoms with Crippen LogP contribution >= 0.6 is 0 Å². The molecule has 0 radical (unpaired) electrons. The molecule has 0 bridgehead atoms. The molecule has 1 aromatic heterocycles. The van der Waals surface area contributed by atoms with Gasteiger partial charge in [0.15, 0.2) is 0 Å². The number of nitrogens with one attached hydrogen (secondary N) is 4. The molecule has 38 heavy (non-hydrogen) atoms. The van der Waals surface area contributed by atoms with E-state index >= 15 is 0 Å². The summed E-state index contributed by atoms with van der Waals surface area (Å²) in [6, 6.07) is 9.07. The number of nitrogens with zero attached hydrogens (tertiary/aromatic N) is 1. The molecular weight excluding hydrogens is 505 g/mol. The summed E-state index contributed by atoms with van der Waals surface area (Å²) >= 11 is 0. The highest BCUT2D eigenvalue weighted by atomic mass is 19.4. The lowest BCUT2D eigenvalue weighted by atomic mass is 9.92. The first-order valence-corrected chi connectivity index (χ1v) is 13.0. The van der Waals surface area contributed by atoms with Gasteiger partial charge in [0.2, 0.25) is 11.8 Å². The van der Waals surface area contributed by atoms with Crippen LogP contribution in [0.5, 0.6) is 0 Å². The lowest BCUT2D eigenvalue weighted by Gasteiger charge is -2.28. The zero-order chi connectivity index (χ0) is 27.6. The number of hydrogen-bond donors (Lipinski definition) is 4. The second-order valence-corrected chi connectivity index (χ2v) is 9.75. The van der Waals surface area contributed by atoms with Gasteiger partial charge in [0.1, 0.15) is 0 Å². The van der Waals surface area contributed by atoms with Crippen LogP contribution in [0.15, 0.2) is 42.6 Å². The highest BCUT2D eigenvalue weighted by Crippen LogP contribution is 2.33. The number of aromatic nitrogens is 1. The maximum absolute atomic E-state index is 13.7. The van der Waals surface area contributed by atoms with E-state index in [1.807, 2.05) is 12.1 Å². The zero-order valence-electron chi connectivity index (χ0n) is 21.5. The topological polar surface area (TPSA) is 78.1 Å². The van der Waals surface area contributed by atoms with E-state index in [1.165, 1.54) is 6.07 Å². The predicted molar refractivity (Wildman–Crippen MR) is 135 cm³/mol. The summed E-state index contributed by atoms with van der Waals surface area (Å²) in [6.07, 6.45) is -1.55. The zero-order valence-corrected chi connectivity index (χ0v) is 21.5. The molecular formula is C27H36F5N5O. The summed E-state index contributed by atoms with van der Waals surface area (Å²) in [5, 5.41) is 12.0. The molecule has 1 fully saturated rings. The highest BCUT2D eigenvalue weighted by Gasteiger charge is 2.35. The lowest BCUT2D eigenvalue weighted by molar-refractivity contribution is -0.138. The molecule has 1 amide bonds. The van der Waals surface area contributed by atoms with Gasteiger partial charge in [0.05, 0.1) is 17.3 Å². The fraction of sp³-hybridized carbons (Fsp3) is 0.556. The number of benzene rings is 1. The molecule has 0 spiro atoms. The van der Waals surface area contributed by atoms with Crippen LogP contribution < -0.4 is 21.3 Å². The number of alkyl halides is 5. The van der Waals surface area contributed by atoms with Crippen LogP contribution in [0.3, 0.4) is 0 Å². The summed E-state index contributed by atoms with van der Waals surface area (Å²) in [7, 11) is 0. The van der Waals surface area contributed by atoms with E-state index in [2.05, 4.69) is 26.3 Å². The molecule has 1 aromatic carbocycles. The molecule has 2 aromatic rings. The molecule has 1 atom stereocenters. The van der Waals surface area contributed by atoms with E-state index in [4.69, 9.17) is 0 Å². The van der Waals surface area contributed by atoms with Gasteiger partial charge >= 0.3 is 6.18 Å². The van der Waals surface area contributed by atoms with Gasteiger partial charge in [-0.15, -0.1) is 0 Å². The van der Waals surface area contributed by atoms with Crippen molar-refractivity contribution in [3.63, 3.8) is 0 Å². The van der Waals surface area contributed by atoms with E-state index in [-0.39, 0.29) is 43.4 Å². The molecule has 0 aliphatic heterocycles. The van der Waals surface area contributed by atoms with Gasteiger partial charge in [-0.25, -0.2) is 8.78 Å². The van der Waals surface area contributed by atoms with Gasteiger partial charge in [0, 0.05) is 44.7 Å². The van der Waals surface area contributed by atoms with Gasteiger partial charge in [-0.1, -0.05) is 18.2 Å². The predicted octanol–water partition coefficient (Wildman–Crippen LogP) is 4.54. The van der Waals surface area contributed by atoms with Crippen LogP contribution in [0.25, 0.3) is 0 Å². The van der Waals surface area contributed by atoms with Crippen molar-refractivity contribution in [3.8, 4) is 0 Å². The smallest absolute Gasteiger partial charge is 0.351 e. The highest BCUT2D eigenvalue weighted by molar-refractivity contribution is 5.81. The Morgan fingerprint density at radius 3 is 2.53 bits per heavy atom. The van der Waals surface area contributed by atoms with Crippen molar-refractivity contribution in [1.29, 1.82) is 0 Å². The first kappa shape index (κ1) is 29.9. The number of halogens is 5. The molecule has 0 unspecified atom stereocenters. The number of amides is 1. The van der Waals surface area contributed by atoms with E-state index in [9.17, 15) is 26.7 Å². The first-order chi connectivity index (χ1) is 18.0. The third kappa shape index (κ3) is 9.92. The van der Waals surface area contributed by atoms with Crippen LogP contribution in [0.4, 0.5) is 22.0 Å². The second-order valence-electron chi connectivity index (χ2n) is 9.75. The SMILES string of the molecule is C[C@H](NCc1ccccn1)C(=O)NCc1ccc(CNCCCNC2CCC(F)(F)CC2)c(C(F)(F)F)c1. The van der Waals surface area contributed by atoms with Gasteiger partial charge in [-0.05, 0) is 68.6 Å². The van der Waals surface area contributed by atoms with Gasteiger partial charge in [0.25, 0.3) is 0 Å². The second kappa shape index (κ2) is 14.0. The number of pyridine rings is 1. The molecule has 3 rings (SSSR count). The molecule has 1 heterocycles. The normalized spacial score (nSPS) is 16.8. The third-order valence-corrected chi connectivity index (χ3v) is 6.65. The standard InChI is InChI=1S/C27H36F5N5O/c1-19(36-18-23-5-2-3-13-35-23)25(38)37-16-20-6-7-21(24(15-20)27(30,31)32)17-33-12-4-14-34-22-8-10-26(28,29)11-9-22/h2-3,5-7,13,15,19,22,33-34,36H,4,8-12,14,16-18H2,1H3,(H,37,38)/t19-/m0/s1. The Hall–Kier alpha value is -2.63. The monoisotopic (exact) mass is 541 g/mol. The van der Waals surface area contributed by atoms with Crippen LogP contribution in [0.2, 0.25) is 0 Å². The molecule has 210 valence electrons. The Bertz CT molecular complexity index is 1010. The van der Waals surface area contributed by atoms with Gasteiger partial charge < -0.3 is 21.3 Å². The number of carbonyl (C=O) groups excluding carboxylic acids is 1. The molecule has 6 nitrogen and oxygen atoms in total. The van der Waals surface area contributed by atoms with Crippen LogP contribution in [-0.2, 0) is 30.6 Å². The molecule has 4 N–H and O–H groups in total. The molecule has 1 aliphatic carbocycles. The first-order valence-electron chi connectivity index (χ1n) is 13.0. The average Bonchev–Trinajstić information content (AvgIpc) is 2.89. The van der Waals surface area contributed by atoms with E-state index in [0.717, 1.165) is 11.8 Å². The number of rotatable bonds is 13. The Balaban J connectivity index is 1.41. The third-order valence-electron chi connectivity index (χ3n) is 6.65. The maximum atomic E-state index is 13.7. The molecule has 1 saturated carbocycles. The van der Waals surface area contributed by atoms with Gasteiger partial charge in [-0.3, -0.25) is 9.78 Å². The van der Waals surface area contributed by atoms with E-state index in [1.54, 1.807) is 25.3 Å². The van der Waals surface area contributed by atoms with Crippen LogP contribution in [0, 0.1) is 0 Å². The quantitative estimate of drug-likeness (QED) is 0.221. The van der Waals surface area contributed by atoms with Crippen molar-refractivity contribution >= 4 is 5.91 Å². The summed E-state index contributed by atoms with van der Waals surface area (Å²) in [6.45, 7) is 3.20. The minimum absolute atomic E-state index is 0.0238. The molecule has 11 heteroatoms. The van der Waals surface area contributed by atoms with Crippen LogP contribution in [-0.4, -0.2) is 42.0 Å². The maximum Gasteiger partial charge on any atom is 0.416 e. The Labute approximate surface area is 220 Å².